The van der Waals surface area contributed by atoms with E-state index in [1.54, 1.807) is 0 Å². The van der Waals surface area contributed by atoms with E-state index in [-0.39, 0.29) is 0 Å². The van der Waals surface area contributed by atoms with Gasteiger partial charge in [0, 0.05) is 26.2 Å². The number of aliphatic hydroxyl groups excluding tert-OH is 1. The van der Waals surface area contributed by atoms with Crippen LogP contribution in [0.2, 0.25) is 0 Å². The van der Waals surface area contributed by atoms with Crippen molar-refractivity contribution in [1.82, 2.24) is 25.2 Å². The Hall–Kier alpha value is -1.11. The van der Waals surface area contributed by atoms with Crippen molar-refractivity contribution in [3.05, 3.63) is 18.5 Å². The number of nitrogens with zero attached hydrogens (tertiary/aromatic N) is 4. The van der Waals surface area contributed by atoms with Crippen molar-refractivity contribution in [2.75, 3.05) is 32.7 Å². The molecule has 1 atom stereocenters. The molecule has 0 amide bonds. The number of hydrogen-bond donors (Lipinski definition) is 2. The van der Waals surface area contributed by atoms with E-state index < -0.39 is 6.10 Å². The monoisotopic (exact) mass is 237 g/mol. The first-order valence-corrected chi connectivity index (χ1v) is 6.09. The molecule has 94 valence electrons. The summed E-state index contributed by atoms with van der Waals surface area (Å²) in [7, 11) is 0. The van der Waals surface area contributed by atoms with E-state index in [4.69, 9.17) is 0 Å². The van der Waals surface area contributed by atoms with Crippen LogP contribution in [-0.2, 0) is 0 Å². The smallest absolute Gasteiger partial charge is 0.160 e. The molecule has 0 bridgehead atoms. The number of aliphatic hydroxyl groups is 1. The molecule has 1 aromatic rings. The van der Waals surface area contributed by atoms with Crippen LogP contribution >= 0.6 is 0 Å². The molecule has 2 heterocycles. The van der Waals surface area contributed by atoms with Gasteiger partial charge in [-0.2, -0.15) is 0 Å². The molecular weight excluding hydrogens is 218 g/mol. The standard InChI is InChI=1S/C11H19N5O/c17-10(11-14-8-13-9-15-11)2-1-5-16-6-3-12-4-7-16/h8-10,12,17H,1-7H2. The second-order valence-electron chi connectivity index (χ2n) is 4.25. The van der Waals surface area contributed by atoms with Crippen LogP contribution in [0.4, 0.5) is 0 Å². The Labute approximate surface area is 101 Å². The second kappa shape index (κ2) is 6.58. The Morgan fingerprint density at radius 2 is 2.00 bits per heavy atom. The van der Waals surface area contributed by atoms with Crippen LogP contribution in [0.3, 0.4) is 0 Å². The molecule has 1 unspecified atom stereocenters. The lowest BCUT2D eigenvalue weighted by atomic mass is 10.1. The molecule has 0 spiro atoms. The quantitative estimate of drug-likeness (QED) is 0.725. The zero-order valence-electron chi connectivity index (χ0n) is 9.92. The molecule has 6 heteroatoms. The SMILES string of the molecule is OC(CCCN1CCNCC1)c1ncncn1. The Morgan fingerprint density at radius 3 is 2.71 bits per heavy atom. The summed E-state index contributed by atoms with van der Waals surface area (Å²) in [6.07, 6.45) is 3.94. The minimum absolute atomic E-state index is 0.473. The molecule has 1 fully saturated rings. The van der Waals surface area contributed by atoms with Gasteiger partial charge >= 0.3 is 0 Å². The van der Waals surface area contributed by atoms with E-state index in [2.05, 4.69) is 25.2 Å². The van der Waals surface area contributed by atoms with Crippen LogP contribution in [0.5, 0.6) is 0 Å². The van der Waals surface area contributed by atoms with Gasteiger partial charge in [-0.3, -0.25) is 0 Å². The van der Waals surface area contributed by atoms with Crippen molar-refractivity contribution in [3.8, 4) is 0 Å². The van der Waals surface area contributed by atoms with Crippen molar-refractivity contribution < 1.29 is 5.11 Å². The maximum atomic E-state index is 9.87. The molecule has 2 rings (SSSR count). The highest BCUT2D eigenvalue weighted by atomic mass is 16.3. The molecule has 1 aliphatic rings. The fraction of sp³-hybridized carbons (Fsp3) is 0.727. The molecule has 17 heavy (non-hydrogen) atoms. The molecule has 0 radical (unpaired) electrons. The van der Waals surface area contributed by atoms with Crippen LogP contribution in [-0.4, -0.2) is 57.7 Å². The lowest BCUT2D eigenvalue weighted by molar-refractivity contribution is 0.144. The number of rotatable bonds is 5. The van der Waals surface area contributed by atoms with Crippen molar-refractivity contribution in [1.29, 1.82) is 0 Å². The Kier molecular flexibility index (Phi) is 4.78. The predicted octanol–water partition coefficient (Wildman–Crippen LogP) is -0.410. The predicted molar refractivity (Wildman–Crippen MR) is 63.3 cm³/mol. The fourth-order valence-electron chi connectivity index (χ4n) is 1.99. The third kappa shape index (κ3) is 3.99. The molecule has 0 aromatic carbocycles. The number of hydrogen-bond acceptors (Lipinski definition) is 6. The topological polar surface area (TPSA) is 74.2 Å². The highest BCUT2D eigenvalue weighted by molar-refractivity contribution is 4.87. The van der Waals surface area contributed by atoms with Gasteiger partial charge in [0.1, 0.15) is 18.8 Å². The Balaban J connectivity index is 1.67. The Bertz CT molecular complexity index is 315. The zero-order valence-corrected chi connectivity index (χ0v) is 9.92. The minimum Gasteiger partial charge on any atom is -0.385 e. The van der Waals surface area contributed by atoms with Gasteiger partial charge in [-0.15, -0.1) is 0 Å². The van der Waals surface area contributed by atoms with E-state index in [0.29, 0.717) is 12.2 Å². The van der Waals surface area contributed by atoms with E-state index in [1.165, 1.54) is 12.7 Å². The second-order valence-corrected chi connectivity index (χ2v) is 4.25. The number of aromatic nitrogens is 3. The highest BCUT2D eigenvalue weighted by Crippen LogP contribution is 2.13. The summed E-state index contributed by atoms with van der Waals surface area (Å²) in [6, 6.07) is 0. The maximum absolute atomic E-state index is 9.87. The summed E-state index contributed by atoms with van der Waals surface area (Å²) in [5.74, 6) is 0.473. The summed E-state index contributed by atoms with van der Waals surface area (Å²) >= 11 is 0. The molecule has 6 nitrogen and oxygen atoms in total. The van der Waals surface area contributed by atoms with Gasteiger partial charge in [0.2, 0.25) is 0 Å². The van der Waals surface area contributed by atoms with Gasteiger partial charge in [0.05, 0.1) is 0 Å². The van der Waals surface area contributed by atoms with Crippen LogP contribution in [0.1, 0.15) is 24.8 Å². The average molecular weight is 237 g/mol. The summed E-state index contributed by atoms with van der Waals surface area (Å²) in [5.41, 5.74) is 0. The minimum atomic E-state index is -0.569. The summed E-state index contributed by atoms with van der Waals surface area (Å²) in [5, 5.41) is 13.2. The third-order valence-electron chi connectivity index (χ3n) is 2.97. The maximum Gasteiger partial charge on any atom is 0.160 e. The molecule has 1 aliphatic heterocycles. The summed E-state index contributed by atoms with van der Waals surface area (Å²) < 4.78 is 0. The molecule has 0 aliphatic carbocycles. The van der Waals surface area contributed by atoms with Gasteiger partial charge in [-0.25, -0.2) is 15.0 Å². The lowest BCUT2D eigenvalue weighted by Gasteiger charge is -2.27. The van der Waals surface area contributed by atoms with Crippen molar-refractivity contribution in [2.45, 2.75) is 18.9 Å². The zero-order chi connectivity index (χ0) is 11.9. The molecule has 1 saturated heterocycles. The fourth-order valence-corrected chi connectivity index (χ4v) is 1.99. The van der Waals surface area contributed by atoms with Gasteiger partial charge in [0.15, 0.2) is 5.82 Å². The average Bonchev–Trinajstić information content (AvgIpc) is 2.41. The van der Waals surface area contributed by atoms with Gasteiger partial charge in [-0.1, -0.05) is 0 Å². The summed E-state index contributed by atoms with van der Waals surface area (Å²) in [6.45, 7) is 5.36. The van der Waals surface area contributed by atoms with Gasteiger partial charge in [0.25, 0.3) is 0 Å². The molecule has 2 N–H and O–H groups in total. The van der Waals surface area contributed by atoms with E-state index >= 15 is 0 Å². The largest absolute Gasteiger partial charge is 0.385 e. The molecule has 1 aromatic heterocycles. The summed E-state index contributed by atoms with van der Waals surface area (Å²) in [4.78, 5) is 14.0. The first-order valence-electron chi connectivity index (χ1n) is 6.09. The molecule has 0 saturated carbocycles. The number of piperazine rings is 1. The van der Waals surface area contributed by atoms with Crippen LogP contribution in [0.15, 0.2) is 12.7 Å². The first-order chi connectivity index (χ1) is 8.36. The van der Waals surface area contributed by atoms with Crippen LogP contribution < -0.4 is 5.32 Å². The molecular formula is C11H19N5O. The first kappa shape index (κ1) is 12.3. The van der Waals surface area contributed by atoms with Crippen LogP contribution in [0, 0.1) is 0 Å². The van der Waals surface area contributed by atoms with Crippen molar-refractivity contribution >= 4 is 0 Å². The number of nitrogens with one attached hydrogen (secondary N) is 1. The van der Waals surface area contributed by atoms with Gasteiger partial charge < -0.3 is 15.3 Å². The Morgan fingerprint density at radius 1 is 1.29 bits per heavy atom. The van der Waals surface area contributed by atoms with E-state index in [0.717, 1.165) is 39.1 Å². The van der Waals surface area contributed by atoms with E-state index in [1.807, 2.05) is 0 Å². The highest BCUT2D eigenvalue weighted by Gasteiger charge is 2.12. The van der Waals surface area contributed by atoms with E-state index in [9.17, 15) is 5.11 Å². The third-order valence-corrected chi connectivity index (χ3v) is 2.97. The van der Waals surface area contributed by atoms with Crippen molar-refractivity contribution in [2.24, 2.45) is 0 Å². The van der Waals surface area contributed by atoms with Crippen molar-refractivity contribution in [3.63, 3.8) is 0 Å². The van der Waals surface area contributed by atoms with Gasteiger partial charge in [-0.05, 0) is 19.4 Å². The lowest BCUT2D eigenvalue weighted by Crippen LogP contribution is -2.43. The normalized spacial score (nSPS) is 19.1. The van der Waals surface area contributed by atoms with Crippen LogP contribution in [0.25, 0.3) is 0 Å².